The van der Waals surface area contributed by atoms with Gasteiger partial charge in [0.2, 0.25) is 0 Å². The van der Waals surface area contributed by atoms with Crippen LogP contribution in [0.1, 0.15) is 36.7 Å². The average molecular weight is 484 g/mol. The van der Waals surface area contributed by atoms with Crippen LogP contribution in [-0.2, 0) is 11.3 Å². The zero-order valence-electron chi connectivity index (χ0n) is 16.2. The maximum Gasteiger partial charge on any atom is 0.191 e. The van der Waals surface area contributed by atoms with Crippen molar-refractivity contribution in [2.24, 2.45) is 4.99 Å². The van der Waals surface area contributed by atoms with E-state index in [-0.39, 0.29) is 24.0 Å². The van der Waals surface area contributed by atoms with E-state index >= 15 is 0 Å². The summed E-state index contributed by atoms with van der Waals surface area (Å²) in [6, 6.07) is 6.07. The van der Waals surface area contributed by atoms with E-state index in [1.165, 1.54) is 0 Å². The maximum absolute atomic E-state index is 5.65. The molecule has 8 heteroatoms. The highest BCUT2D eigenvalue weighted by molar-refractivity contribution is 14.0. The van der Waals surface area contributed by atoms with Crippen molar-refractivity contribution in [1.82, 2.24) is 25.4 Å². The summed E-state index contributed by atoms with van der Waals surface area (Å²) in [7, 11) is 0. The minimum Gasteiger partial charge on any atom is -0.376 e. The summed E-state index contributed by atoms with van der Waals surface area (Å²) in [4.78, 5) is 9.17. The van der Waals surface area contributed by atoms with Crippen LogP contribution in [-0.4, -0.2) is 46.5 Å². The Labute approximate surface area is 178 Å². The number of ether oxygens (including phenoxy) is 1. The van der Waals surface area contributed by atoms with E-state index in [9.17, 15) is 0 Å². The minimum absolute atomic E-state index is 0. The van der Waals surface area contributed by atoms with Gasteiger partial charge in [-0.2, -0.15) is 5.10 Å². The van der Waals surface area contributed by atoms with Crippen LogP contribution in [0.15, 0.2) is 29.4 Å². The lowest BCUT2D eigenvalue weighted by Gasteiger charge is -2.14. The summed E-state index contributed by atoms with van der Waals surface area (Å²) in [6.07, 6.45) is 4.41. The second-order valence-electron chi connectivity index (χ2n) is 6.57. The van der Waals surface area contributed by atoms with Gasteiger partial charge in [0, 0.05) is 31.6 Å². The van der Waals surface area contributed by atoms with Crippen molar-refractivity contribution in [3.63, 3.8) is 0 Å². The molecule has 0 saturated carbocycles. The van der Waals surface area contributed by atoms with Crippen molar-refractivity contribution < 1.29 is 4.74 Å². The molecule has 1 atom stereocenters. The van der Waals surface area contributed by atoms with Gasteiger partial charge in [-0.3, -0.25) is 0 Å². The highest BCUT2D eigenvalue weighted by atomic mass is 127. The van der Waals surface area contributed by atoms with E-state index < -0.39 is 0 Å². The monoisotopic (exact) mass is 484 g/mol. The number of halogens is 1. The zero-order chi connectivity index (χ0) is 18.4. The summed E-state index contributed by atoms with van der Waals surface area (Å²) < 4.78 is 7.50. The molecule has 0 aromatic carbocycles. The molecule has 1 aliphatic rings. The summed E-state index contributed by atoms with van der Waals surface area (Å²) in [5, 5.41) is 11.1. The Morgan fingerprint density at radius 2 is 2.19 bits per heavy atom. The van der Waals surface area contributed by atoms with Crippen molar-refractivity contribution in [2.45, 2.75) is 46.3 Å². The van der Waals surface area contributed by atoms with Crippen molar-refractivity contribution in [3.05, 3.63) is 41.3 Å². The lowest BCUT2D eigenvalue weighted by Crippen LogP contribution is -2.41. The molecule has 148 valence electrons. The summed E-state index contributed by atoms with van der Waals surface area (Å²) in [5.41, 5.74) is 3.13. The Bertz CT molecular complexity index is 737. The van der Waals surface area contributed by atoms with Gasteiger partial charge in [-0.15, -0.1) is 24.0 Å². The van der Waals surface area contributed by atoms with Crippen LogP contribution in [0.3, 0.4) is 0 Å². The van der Waals surface area contributed by atoms with Gasteiger partial charge >= 0.3 is 0 Å². The van der Waals surface area contributed by atoms with Gasteiger partial charge in [-0.1, -0.05) is 6.07 Å². The van der Waals surface area contributed by atoms with Gasteiger partial charge in [-0.25, -0.2) is 14.7 Å². The van der Waals surface area contributed by atoms with Gasteiger partial charge in [0.25, 0.3) is 0 Å². The molecular formula is C19H29IN6O. The second-order valence-corrected chi connectivity index (χ2v) is 6.57. The van der Waals surface area contributed by atoms with Gasteiger partial charge in [0.15, 0.2) is 11.8 Å². The van der Waals surface area contributed by atoms with Crippen LogP contribution in [0, 0.1) is 13.8 Å². The van der Waals surface area contributed by atoms with Crippen molar-refractivity contribution in [2.75, 3.05) is 19.7 Å². The third-order valence-corrected chi connectivity index (χ3v) is 4.32. The van der Waals surface area contributed by atoms with Crippen LogP contribution in [0.2, 0.25) is 0 Å². The van der Waals surface area contributed by atoms with E-state index in [2.05, 4.69) is 32.6 Å². The number of guanidine groups is 1. The summed E-state index contributed by atoms with van der Waals surface area (Å²) >= 11 is 0. The third kappa shape index (κ3) is 6.17. The van der Waals surface area contributed by atoms with Crippen LogP contribution in [0.5, 0.6) is 0 Å². The van der Waals surface area contributed by atoms with E-state index in [0.29, 0.717) is 12.6 Å². The first-order chi connectivity index (χ1) is 12.7. The Hall–Kier alpha value is -1.68. The molecule has 1 saturated heterocycles. The van der Waals surface area contributed by atoms with Crippen LogP contribution in [0.4, 0.5) is 0 Å². The van der Waals surface area contributed by atoms with E-state index in [1.54, 1.807) is 0 Å². The van der Waals surface area contributed by atoms with E-state index in [0.717, 1.165) is 61.3 Å². The lowest BCUT2D eigenvalue weighted by atomic mass is 10.2. The Morgan fingerprint density at radius 3 is 2.78 bits per heavy atom. The fourth-order valence-electron chi connectivity index (χ4n) is 3.02. The number of rotatable bonds is 6. The number of nitrogens with zero attached hydrogens (tertiary/aromatic N) is 4. The molecule has 1 fully saturated rings. The Morgan fingerprint density at radius 1 is 1.33 bits per heavy atom. The molecule has 2 aromatic rings. The van der Waals surface area contributed by atoms with Crippen LogP contribution < -0.4 is 10.6 Å². The summed E-state index contributed by atoms with van der Waals surface area (Å²) in [5.74, 6) is 1.64. The number of hydrogen-bond acceptors (Lipinski definition) is 4. The maximum atomic E-state index is 5.65. The number of aryl methyl sites for hydroxylation is 2. The molecular weight excluding hydrogens is 455 g/mol. The molecule has 27 heavy (non-hydrogen) atoms. The number of hydrogen-bond donors (Lipinski definition) is 2. The largest absolute Gasteiger partial charge is 0.376 e. The fourth-order valence-corrected chi connectivity index (χ4v) is 3.02. The molecule has 2 aromatic heterocycles. The SMILES string of the molecule is CCNC(=NCc1ccc(-n2nc(C)cc2C)nc1)NCC1CCCO1.I. The predicted molar refractivity (Wildman–Crippen MR) is 118 cm³/mol. The average Bonchev–Trinajstić information content (AvgIpc) is 3.27. The first-order valence-electron chi connectivity index (χ1n) is 9.28. The molecule has 0 radical (unpaired) electrons. The number of pyridine rings is 1. The predicted octanol–water partition coefficient (Wildman–Crippen LogP) is 2.74. The molecule has 7 nitrogen and oxygen atoms in total. The highest BCUT2D eigenvalue weighted by Gasteiger charge is 2.15. The molecule has 3 rings (SSSR count). The Balaban J connectivity index is 0.00000261. The van der Waals surface area contributed by atoms with Crippen molar-refractivity contribution in [3.8, 4) is 5.82 Å². The molecule has 1 aliphatic heterocycles. The van der Waals surface area contributed by atoms with Crippen LogP contribution in [0.25, 0.3) is 5.82 Å². The third-order valence-electron chi connectivity index (χ3n) is 4.32. The standard InChI is InChI=1S/C19H28N6O.HI/c1-4-20-19(23-13-17-6-5-9-26-17)22-12-16-7-8-18(21-11-16)25-15(3)10-14(2)24-25;/h7-8,10-11,17H,4-6,9,12-13H2,1-3H3,(H2,20,22,23);1H. The highest BCUT2D eigenvalue weighted by Crippen LogP contribution is 2.11. The molecule has 0 amide bonds. The van der Waals surface area contributed by atoms with Gasteiger partial charge in [0.05, 0.1) is 18.3 Å². The quantitative estimate of drug-likeness (QED) is 0.375. The normalized spacial score (nSPS) is 16.9. The van der Waals surface area contributed by atoms with Gasteiger partial charge in [0.1, 0.15) is 0 Å². The molecule has 1 unspecified atom stereocenters. The Kier molecular flexibility index (Phi) is 8.49. The minimum atomic E-state index is 0. The topological polar surface area (TPSA) is 76.4 Å². The fraction of sp³-hybridized carbons (Fsp3) is 0.526. The smallest absolute Gasteiger partial charge is 0.191 e. The molecule has 3 heterocycles. The zero-order valence-corrected chi connectivity index (χ0v) is 18.6. The first-order valence-corrected chi connectivity index (χ1v) is 9.28. The number of aliphatic imine (C=N–C) groups is 1. The molecule has 0 spiro atoms. The van der Waals surface area contributed by atoms with Crippen LogP contribution >= 0.6 is 24.0 Å². The van der Waals surface area contributed by atoms with Gasteiger partial charge in [-0.05, 0) is 51.3 Å². The van der Waals surface area contributed by atoms with E-state index in [1.807, 2.05) is 42.9 Å². The van der Waals surface area contributed by atoms with Crippen molar-refractivity contribution >= 4 is 29.9 Å². The van der Waals surface area contributed by atoms with Crippen molar-refractivity contribution in [1.29, 1.82) is 0 Å². The summed E-state index contributed by atoms with van der Waals surface area (Å²) in [6.45, 7) is 9.14. The van der Waals surface area contributed by atoms with Gasteiger partial charge < -0.3 is 15.4 Å². The first kappa shape index (κ1) is 21.6. The second kappa shape index (κ2) is 10.6. The number of aromatic nitrogens is 3. The molecule has 2 N–H and O–H groups in total. The molecule has 0 bridgehead atoms. The number of nitrogens with one attached hydrogen (secondary N) is 2. The van der Waals surface area contributed by atoms with E-state index in [4.69, 9.17) is 4.74 Å². The lowest BCUT2D eigenvalue weighted by molar-refractivity contribution is 0.114. The molecule has 0 aliphatic carbocycles.